The van der Waals surface area contributed by atoms with Crippen LogP contribution in [0, 0.1) is 17.2 Å². The van der Waals surface area contributed by atoms with E-state index in [1.807, 2.05) is 0 Å². The molecule has 0 bridgehead atoms. The minimum atomic E-state index is -0.798. The summed E-state index contributed by atoms with van der Waals surface area (Å²) in [6, 6.07) is 10.2. The van der Waals surface area contributed by atoms with Crippen molar-refractivity contribution in [2.45, 2.75) is 11.2 Å². The fraction of sp³-hybridized carbons (Fsp3) is 0.250. The van der Waals surface area contributed by atoms with Gasteiger partial charge in [0.25, 0.3) is 0 Å². The standard InChI is InChI=1S/C20H17N3O5S/c1-26-12-6-5-10(8-14(12)27-2)23-19(24)16-15(13-4-3-7-28-13)11(9-21)18(22)29-17(16)20(23)25/h3-8,15-17H,22H2,1-2H3/t15-,16+,17+/m0/s1. The maximum atomic E-state index is 13.4. The topological polar surface area (TPSA) is 119 Å². The van der Waals surface area contributed by atoms with E-state index in [1.54, 1.807) is 30.3 Å². The summed E-state index contributed by atoms with van der Waals surface area (Å²) in [7, 11) is 2.97. The zero-order valence-electron chi connectivity index (χ0n) is 15.6. The van der Waals surface area contributed by atoms with Gasteiger partial charge in [-0.15, -0.1) is 0 Å². The number of thioether (sulfide) groups is 1. The number of furan rings is 1. The second kappa shape index (κ2) is 7.22. The molecule has 0 unspecified atom stereocenters. The monoisotopic (exact) mass is 411 g/mol. The Balaban J connectivity index is 1.80. The number of fused-ring (bicyclic) bond motifs is 1. The van der Waals surface area contributed by atoms with Gasteiger partial charge in [-0.3, -0.25) is 9.59 Å². The molecular formula is C20H17N3O5S. The highest BCUT2D eigenvalue weighted by Crippen LogP contribution is 2.51. The van der Waals surface area contributed by atoms with Gasteiger partial charge in [0.05, 0.1) is 54.7 Å². The average molecular weight is 411 g/mol. The number of nitrogens with zero attached hydrogens (tertiary/aromatic N) is 2. The molecule has 0 saturated carbocycles. The van der Waals surface area contributed by atoms with Gasteiger partial charge in [0.2, 0.25) is 11.8 Å². The van der Waals surface area contributed by atoms with Crippen LogP contribution in [0.2, 0.25) is 0 Å². The Hall–Kier alpha value is -3.38. The normalized spacial score (nSPS) is 23.8. The van der Waals surface area contributed by atoms with E-state index in [9.17, 15) is 14.9 Å². The summed E-state index contributed by atoms with van der Waals surface area (Å²) in [5, 5.41) is 9.11. The molecule has 2 aromatic rings. The molecule has 2 aliphatic rings. The number of nitriles is 1. The zero-order chi connectivity index (χ0) is 20.7. The number of carbonyl (C=O) groups is 2. The maximum Gasteiger partial charge on any atom is 0.248 e. The third-order valence-electron chi connectivity index (χ3n) is 5.08. The second-order valence-electron chi connectivity index (χ2n) is 6.50. The van der Waals surface area contributed by atoms with E-state index in [0.29, 0.717) is 22.9 Å². The number of hydrogen-bond acceptors (Lipinski definition) is 8. The highest BCUT2D eigenvalue weighted by molar-refractivity contribution is 8.04. The molecule has 0 radical (unpaired) electrons. The molecule has 148 valence electrons. The smallest absolute Gasteiger partial charge is 0.248 e. The van der Waals surface area contributed by atoms with Gasteiger partial charge < -0.3 is 19.6 Å². The van der Waals surface area contributed by atoms with Gasteiger partial charge in [0.15, 0.2) is 11.5 Å². The zero-order valence-corrected chi connectivity index (χ0v) is 16.4. The van der Waals surface area contributed by atoms with Crippen LogP contribution in [0.5, 0.6) is 11.5 Å². The lowest BCUT2D eigenvalue weighted by atomic mass is 9.82. The molecule has 2 N–H and O–H groups in total. The van der Waals surface area contributed by atoms with Gasteiger partial charge in [-0.25, -0.2) is 4.90 Å². The lowest BCUT2D eigenvalue weighted by Gasteiger charge is -2.28. The predicted octanol–water partition coefficient (Wildman–Crippen LogP) is 2.38. The van der Waals surface area contributed by atoms with Crippen LogP contribution < -0.4 is 20.1 Å². The number of amides is 2. The molecule has 3 heterocycles. The Bertz CT molecular complexity index is 1060. The van der Waals surface area contributed by atoms with Crippen LogP contribution in [0.3, 0.4) is 0 Å². The highest BCUT2D eigenvalue weighted by atomic mass is 32.2. The van der Waals surface area contributed by atoms with Crippen LogP contribution in [-0.2, 0) is 9.59 Å². The summed E-state index contributed by atoms with van der Waals surface area (Å²) in [6.45, 7) is 0. The van der Waals surface area contributed by atoms with Crippen molar-refractivity contribution in [2.24, 2.45) is 11.7 Å². The Morgan fingerprint density at radius 1 is 1.17 bits per heavy atom. The van der Waals surface area contributed by atoms with Crippen LogP contribution in [-0.4, -0.2) is 31.3 Å². The fourth-order valence-corrected chi connectivity index (χ4v) is 4.97. The fourth-order valence-electron chi connectivity index (χ4n) is 3.77. The Kier molecular flexibility index (Phi) is 4.72. The number of imide groups is 1. The van der Waals surface area contributed by atoms with Crippen molar-refractivity contribution >= 4 is 29.3 Å². The number of benzene rings is 1. The molecule has 1 aromatic heterocycles. The lowest BCUT2D eigenvalue weighted by molar-refractivity contribution is -0.122. The molecule has 8 nitrogen and oxygen atoms in total. The summed E-state index contributed by atoms with van der Waals surface area (Å²) < 4.78 is 16.0. The minimum Gasteiger partial charge on any atom is -0.493 e. The number of anilines is 1. The number of ether oxygens (including phenoxy) is 2. The third kappa shape index (κ3) is 2.84. The molecule has 2 amide bonds. The van der Waals surface area contributed by atoms with Crippen molar-refractivity contribution in [2.75, 3.05) is 19.1 Å². The number of rotatable bonds is 4. The first-order valence-corrected chi connectivity index (χ1v) is 9.59. The molecule has 0 aliphatic carbocycles. The van der Waals surface area contributed by atoms with Crippen molar-refractivity contribution in [1.82, 2.24) is 0 Å². The van der Waals surface area contributed by atoms with E-state index in [-0.39, 0.29) is 10.6 Å². The van der Waals surface area contributed by atoms with E-state index < -0.39 is 28.9 Å². The minimum absolute atomic E-state index is 0.227. The molecule has 1 fully saturated rings. The van der Waals surface area contributed by atoms with Crippen LogP contribution >= 0.6 is 11.8 Å². The quantitative estimate of drug-likeness (QED) is 0.762. The summed E-state index contributed by atoms with van der Waals surface area (Å²) in [5.74, 6) is -1.03. The largest absolute Gasteiger partial charge is 0.493 e. The van der Waals surface area contributed by atoms with Crippen molar-refractivity contribution in [3.63, 3.8) is 0 Å². The van der Waals surface area contributed by atoms with Gasteiger partial charge in [0, 0.05) is 6.07 Å². The van der Waals surface area contributed by atoms with E-state index in [4.69, 9.17) is 19.6 Å². The average Bonchev–Trinajstić information content (AvgIpc) is 3.34. The molecule has 9 heteroatoms. The summed E-state index contributed by atoms with van der Waals surface area (Å²) in [4.78, 5) is 27.7. The highest BCUT2D eigenvalue weighted by Gasteiger charge is 2.56. The van der Waals surface area contributed by atoms with Crippen molar-refractivity contribution in [1.29, 1.82) is 5.26 Å². The number of nitrogens with two attached hydrogens (primary N) is 1. The molecular weight excluding hydrogens is 394 g/mol. The number of hydrogen-bond donors (Lipinski definition) is 1. The van der Waals surface area contributed by atoms with Crippen LogP contribution in [0.1, 0.15) is 11.7 Å². The first kappa shape index (κ1) is 19.0. The molecule has 1 saturated heterocycles. The van der Waals surface area contributed by atoms with Crippen LogP contribution in [0.25, 0.3) is 0 Å². The summed E-state index contributed by atoms with van der Waals surface area (Å²) in [6.07, 6.45) is 1.46. The first-order chi connectivity index (χ1) is 14.0. The van der Waals surface area contributed by atoms with E-state index in [1.165, 1.54) is 20.5 Å². The first-order valence-electron chi connectivity index (χ1n) is 8.71. The predicted molar refractivity (Wildman–Crippen MR) is 105 cm³/mol. The van der Waals surface area contributed by atoms with Crippen molar-refractivity contribution in [3.05, 3.63) is 53.0 Å². The molecule has 1 aromatic carbocycles. The molecule has 3 atom stereocenters. The van der Waals surface area contributed by atoms with Gasteiger partial charge in [-0.2, -0.15) is 5.26 Å². The SMILES string of the molecule is COc1ccc(N2C(=O)[C@H]3[C@@H](SC(N)=C(C#N)[C@H]3c3ccco3)C2=O)cc1OC. The Morgan fingerprint density at radius 3 is 2.55 bits per heavy atom. The van der Waals surface area contributed by atoms with Gasteiger partial charge in [-0.05, 0) is 24.3 Å². The van der Waals surface area contributed by atoms with E-state index >= 15 is 0 Å². The van der Waals surface area contributed by atoms with Gasteiger partial charge in [0.1, 0.15) is 11.0 Å². The number of allylic oxidation sites excluding steroid dienone is 1. The molecule has 29 heavy (non-hydrogen) atoms. The van der Waals surface area contributed by atoms with Crippen molar-refractivity contribution in [3.8, 4) is 17.6 Å². The second-order valence-corrected chi connectivity index (χ2v) is 7.68. The lowest BCUT2D eigenvalue weighted by Crippen LogP contribution is -2.33. The van der Waals surface area contributed by atoms with Gasteiger partial charge in [-0.1, -0.05) is 11.8 Å². The molecule has 0 spiro atoms. The van der Waals surface area contributed by atoms with Gasteiger partial charge >= 0.3 is 0 Å². The van der Waals surface area contributed by atoms with Crippen molar-refractivity contribution < 1.29 is 23.5 Å². The maximum absolute atomic E-state index is 13.4. The molecule has 4 rings (SSSR count). The summed E-state index contributed by atoms with van der Waals surface area (Å²) >= 11 is 1.04. The Morgan fingerprint density at radius 2 is 1.93 bits per heavy atom. The molecule has 2 aliphatic heterocycles. The third-order valence-corrected chi connectivity index (χ3v) is 6.30. The summed E-state index contributed by atoms with van der Waals surface area (Å²) in [5.41, 5.74) is 6.68. The number of carbonyl (C=O) groups excluding carboxylic acids is 2. The van der Waals surface area contributed by atoms with Crippen LogP contribution in [0.15, 0.2) is 51.6 Å². The van der Waals surface area contributed by atoms with E-state index in [0.717, 1.165) is 16.7 Å². The number of methoxy groups -OCH3 is 2. The van der Waals surface area contributed by atoms with Crippen LogP contribution in [0.4, 0.5) is 5.69 Å². The van der Waals surface area contributed by atoms with E-state index in [2.05, 4.69) is 6.07 Å². The Labute approximate surface area is 170 Å².